The first-order valence-corrected chi connectivity index (χ1v) is 4.83. The van der Waals surface area contributed by atoms with Gasteiger partial charge >= 0.3 is 0 Å². The number of ketones is 1. The van der Waals surface area contributed by atoms with E-state index in [-0.39, 0.29) is 5.78 Å². The molecule has 0 unspecified atom stereocenters. The molecule has 76 valence electrons. The minimum atomic E-state index is 0.171. The van der Waals surface area contributed by atoms with E-state index in [9.17, 15) is 4.79 Å². The fraction of sp³-hybridized carbons (Fsp3) is 0.455. The van der Waals surface area contributed by atoms with Crippen molar-refractivity contribution in [2.45, 2.75) is 26.7 Å². The Bertz CT molecular complexity index is 350. The molecule has 0 aliphatic carbocycles. The molecule has 3 heteroatoms. The minimum absolute atomic E-state index is 0.171. The average Bonchev–Trinajstić information content (AvgIpc) is 2.54. The number of rotatable bonds is 4. The van der Waals surface area contributed by atoms with Gasteiger partial charge in [0.1, 0.15) is 5.82 Å². The molecular formula is C11H16N2O. The molecule has 0 amide bonds. The lowest BCUT2D eigenvalue weighted by Crippen LogP contribution is -2.09. The van der Waals surface area contributed by atoms with Crippen LogP contribution in [0.15, 0.2) is 24.0 Å². The number of allylic oxidation sites excluding steroid dienone is 2. The molecule has 0 bridgehead atoms. The van der Waals surface area contributed by atoms with Gasteiger partial charge in [-0.05, 0) is 18.9 Å². The third-order valence-electron chi connectivity index (χ3n) is 2.33. The molecule has 0 atom stereocenters. The van der Waals surface area contributed by atoms with Crippen LogP contribution in [0.4, 0.5) is 0 Å². The van der Waals surface area contributed by atoms with Crippen molar-refractivity contribution < 1.29 is 4.79 Å². The molecular weight excluding hydrogens is 176 g/mol. The second-order valence-corrected chi connectivity index (χ2v) is 3.22. The summed E-state index contributed by atoms with van der Waals surface area (Å²) < 4.78 is 1.88. The first kappa shape index (κ1) is 10.7. The van der Waals surface area contributed by atoms with Crippen LogP contribution in [-0.2, 0) is 18.3 Å². The first-order valence-electron chi connectivity index (χ1n) is 4.83. The fourth-order valence-electron chi connectivity index (χ4n) is 1.39. The maximum Gasteiger partial charge on any atom is 0.166 e. The lowest BCUT2D eigenvalue weighted by Gasteiger charge is -2.03. The Morgan fingerprint density at radius 2 is 2.36 bits per heavy atom. The molecule has 0 saturated heterocycles. The van der Waals surface area contributed by atoms with E-state index in [0.717, 1.165) is 17.8 Å². The Balaban J connectivity index is 2.71. The third kappa shape index (κ3) is 2.31. The van der Waals surface area contributed by atoms with E-state index in [1.54, 1.807) is 6.20 Å². The Morgan fingerprint density at radius 1 is 1.64 bits per heavy atom. The molecule has 1 rings (SSSR count). The first-order chi connectivity index (χ1) is 6.69. The summed E-state index contributed by atoms with van der Waals surface area (Å²) in [7, 11) is 1.90. The molecule has 0 N–H and O–H groups in total. The highest BCUT2D eigenvalue weighted by atomic mass is 16.1. The Hall–Kier alpha value is -1.38. The molecule has 1 heterocycles. The van der Waals surface area contributed by atoms with Crippen molar-refractivity contribution >= 4 is 5.78 Å². The summed E-state index contributed by atoms with van der Waals surface area (Å²) in [4.78, 5) is 15.8. The van der Waals surface area contributed by atoms with Crippen LogP contribution in [0.3, 0.4) is 0 Å². The lowest BCUT2D eigenvalue weighted by molar-refractivity contribution is -0.115. The van der Waals surface area contributed by atoms with Gasteiger partial charge in [-0.15, -0.1) is 0 Å². The van der Waals surface area contributed by atoms with E-state index < -0.39 is 0 Å². The van der Waals surface area contributed by atoms with Crippen LogP contribution in [0.2, 0.25) is 0 Å². The summed E-state index contributed by atoms with van der Waals surface area (Å²) >= 11 is 0. The summed E-state index contributed by atoms with van der Waals surface area (Å²) in [6, 6.07) is 0. The number of Topliss-reactive ketones (excluding diaryl/α,β-unsaturated/α-hetero) is 1. The van der Waals surface area contributed by atoms with Crippen LogP contribution in [0, 0.1) is 0 Å². The molecule has 0 aliphatic rings. The largest absolute Gasteiger partial charge is 0.338 e. The second kappa shape index (κ2) is 4.74. The number of carbonyl (C=O) groups is 1. The zero-order chi connectivity index (χ0) is 10.6. The quantitative estimate of drug-likeness (QED) is 0.683. The van der Waals surface area contributed by atoms with Gasteiger partial charge in [0, 0.05) is 19.4 Å². The predicted molar refractivity (Wildman–Crippen MR) is 56.0 cm³/mol. The van der Waals surface area contributed by atoms with E-state index in [1.165, 1.54) is 0 Å². The normalized spacial score (nSPS) is 11.8. The van der Waals surface area contributed by atoms with Gasteiger partial charge in [0.25, 0.3) is 0 Å². The maximum absolute atomic E-state index is 11.7. The SMILES string of the molecule is C/C=C(/CC)C(=O)Cc1nccn1C. The monoisotopic (exact) mass is 192 g/mol. The zero-order valence-electron chi connectivity index (χ0n) is 8.95. The molecule has 0 fully saturated rings. The van der Waals surface area contributed by atoms with Crippen molar-refractivity contribution in [3.63, 3.8) is 0 Å². The molecule has 0 radical (unpaired) electrons. The van der Waals surface area contributed by atoms with Gasteiger partial charge in [-0.1, -0.05) is 13.0 Å². The topological polar surface area (TPSA) is 34.9 Å². The molecule has 0 spiro atoms. The number of imidazole rings is 1. The average molecular weight is 192 g/mol. The highest BCUT2D eigenvalue weighted by Gasteiger charge is 2.10. The zero-order valence-corrected chi connectivity index (χ0v) is 8.95. The molecule has 3 nitrogen and oxygen atoms in total. The number of carbonyl (C=O) groups excluding carboxylic acids is 1. The van der Waals surface area contributed by atoms with E-state index in [0.29, 0.717) is 6.42 Å². The van der Waals surface area contributed by atoms with Gasteiger partial charge in [0.15, 0.2) is 5.78 Å². The van der Waals surface area contributed by atoms with Gasteiger partial charge in [-0.3, -0.25) is 4.79 Å². The molecule has 1 aromatic rings. The van der Waals surface area contributed by atoms with E-state index in [4.69, 9.17) is 0 Å². The van der Waals surface area contributed by atoms with Crippen LogP contribution in [-0.4, -0.2) is 15.3 Å². The summed E-state index contributed by atoms with van der Waals surface area (Å²) in [5, 5.41) is 0. The minimum Gasteiger partial charge on any atom is -0.338 e. The van der Waals surface area contributed by atoms with Crippen molar-refractivity contribution in [2.75, 3.05) is 0 Å². The van der Waals surface area contributed by atoms with Crippen LogP contribution in [0.25, 0.3) is 0 Å². The van der Waals surface area contributed by atoms with Crippen LogP contribution in [0.1, 0.15) is 26.1 Å². The number of aromatic nitrogens is 2. The Labute approximate surface area is 84.5 Å². The molecule has 0 saturated carbocycles. The fourth-order valence-corrected chi connectivity index (χ4v) is 1.39. The number of aryl methyl sites for hydroxylation is 1. The molecule has 0 aromatic carbocycles. The Morgan fingerprint density at radius 3 is 2.79 bits per heavy atom. The van der Waals surface area contributed by atoms with Gasteiger partial charge in [0.2, 0.25) is 0 Å². The highest BCUT2D eigenvalue weighted by Crippen LogP contribution is 2.06. The number of hydrogen-bond donors (Lipinski definition) is 0. The van der Waals surface area contributed by atoms with E-state index >= 15 is 0 Å². The summed E-state index contributed by atoms with van der Waals surface area (Å²) in [6.45, 7) is 3.89. The van der Waals surface area contributed by atoms with Crippen molar-refractivity contribution in [2.24, 2.45) is 7.05 Å². The van der Waals surface area contributed by atoms with E-state index in [2.05, 4.69) is 4.98 Å². The van der Waals surface area contributed by atoms with Crippen LogP contribution < -0.4 is 0 Å². The molecule has 0 aliphatic heterocycles. The van der Waals surface area contributed by atoms with Gasteiger partial charge in [0.05, 0.1) is 6.42 Å². The van der Waals surface area contributed by atoms with Crippen molar-refractivity contribution in [1.82, 2.24) is 9.55 Å². The van der Waals surface area contributed by atoms with Crippen LogP contribution in [0.5, 0.6) is 0 Å². The van der Waals surface area contributed by atoms with E-state index in [1.807, 2.05) is 37.7 Å². The van der Waals surface area contributed by atoms with Crippen molar-refractivity contribution in [3.8, 4) is 0 Å². The smallest absolute Gasteiger partial charge is 0.166 e. The number of hydrogen-bond acceptors (Lipinski definition) is 2. The summed E-state index contributed by atoms with van der Waals surface area (Å²) in [5.74, 6) is 0.993. The summed E-state index contributed by atoms with van der Waals surface area (Å²) in [5.41, 5.74) is 0.882. The molecule has 1 aromatic heterocycles. The predicted octanol–water partition coefficient (Wildman–Crippen LogP) is 1.89. The van der Waals surface area contributed by atoms with Crippen LogP contribution >= 0.6 is 0 Å². The molecule has 14 heavy (non-hydrogen) atoms. The second-order valence-electron chi connectivity index (χ2n) is 3.22. The van der Waals surface area contributed by atoms with Crippen molar-refractivity contribution in [3.05, 3.63) is 29.9 Å². The number of nitrogens with zero attached hydrogens (tertiary/aromatic N) is 2. The Kier molecular flexibility index (Phi) is 3.63. The third-order valence-corrected chi connectivity index (χ3v) is 2.33. The van der Waals surface area contributed by atoms with Crippen molar-refractivity contribution in [1.29, 1.82) is 0 Å². The summed E-state index contributed by atoms with van der Waals surface area (Å²) in [6.07, 6.45) is 6.63. The van der Waals surface area contributed by atoms with Gasteiger partial charge in [-0.2, -0.15) is 0 Å². The standard InChI is InChI=1S/C11H16N2O/c1-4-9(5-2)10(14)8-11-12-6-7-13(11)3/h4,6-7H,5,8H2,1-3H3/b9-4-. The maximum atomic E-state index is 11.7. The van der Waals surface area contributed by atoms with Gasteiger partial charge < -0.3 is 4.57 Å². The highest BCUT2D eigenvalue weighted by molar-refractivity contribution is 5.96. The van der Waals surface area contributed by atoms with Gasteiger partial charge in [-0.25, -0.2) is 4.98 Å². The lowest BCUT2D eigenvalue weighted by atomic mass is 10.1.